The Morgan fingerprint density at radius 3 is 2.56 bits per heavy atom. The van der Waals surface area contributed by atoms with Crippen LogP contribution in [0, 0.1) is 19.8 Å². The van der Waals surface area contributed by atoms with Crippen molar-refractivity contribution in [1.82, 2.24) is 19.8 Å². The minimum atomic E-state index is -4.11. The molecule has 4 bridgehead atoms. The van der Waals surface area contributed by atoms with Crippen LogP contribution in [0.5, 0.6) is 5.88 Å². The van der Waals surface area contributed by atoms with Crippen molar-refractivity contribution >= 4 is 21.9 Å². The number of nitrogens with zero attached hydrogens (tertiary/aromatic N) is 4. The molecule has 1 N–H and O–H groups in total. The first-order chi connectivity index (χ1) is 20.6. The van der Waals surface area contributed by atoms with Crippen LogP contribution in [0.2, 0.25) is 0 Å². The number of fused-ring (bicyclic) bond motifs is 4. The van der Waals surface area contributed by atoms with Crippen molar-refractivity contribution in [2.24, 2.45) is 5.92 Å². The number of sulfonamides is 1. The summed E-state index contributed by atoms with van der Waals surface area (Å²) in [5.41, 5.74) is 3.75. The summed E-state index contributed by atoms with van der Waals surface area (Å²) in [7, 11) is -2.43. The molecule has 2 aliphatic rings. The smallest absolute Gasteiger partial charge is 0.264 e. The zero-order chi connectivity index (χ0) is 30.7. The van der Waals surface area contributed by atoms with Gasteiger partial charge in [-0.3, -0.25) is 9.69 Å². The predicted octanol–water partition coefficient (Wildman–Crippen LogP) is 4.53. The topological polar surface area (TPSA) is 114 Å². The summed E-state index contributed by atoms with van der Waals surface area (Å²) in [5, 5.41) is 0. The zero-order valence-corrected chi connectivity index (χ0v) is 26.4. The van der Waals surface area contributed by atoms with Crippen LogP contribution < -0.4 is 9.46 Å². The van der Waals surface area contributed by atoms with Gasteiger partial charge in [-0.1, -0.05) is 38.1 Å². The fourth-order valence-corrected chi connectivity index (χ4v) is 7.09. The van der Waals surface area contributed by atoms with E-state index in [1.54, 1.807) is 25.3 Å². The van der Waals surface area contributed by atoms with Gasteiger partial charge in [-0.05, 0) is 61.9 Å². The van der Waals surface area contributed by atoms with E-state index < -0.39 is 10.0 Å². The number of amides is 1. The van der Waals surface area contributed by atoms with E-state index in [2.05, 4.69) is 33.4 Å². The Hall–Kier alpha value is -3.54. The Labute approximate surface area is 254 Å². The van der Waals surface area contributed by atoms with Crippen molar-refractivity contribution in [1.29, 1.82) is 0 Å². The van der Waals surface area contributed by atoms with E-state index in [0.29, 0.717) is 30.8 Å². The number of carbonyl (C=O) groups is 1. The molecular weight excluding hydrogens is 566 g/mol. The van der Waals surface area contributed by atoms with E-state index >= 15 is 0 Å². The van der Waals surface area contributed by atoms with Crippen LogP contribution in [0.25, 0.3) is 11.3 Å². The lowest BCUT2D eigenvalue weighted by Gasteiger charge is -2.37. The third-order valence-electron chi connectivity index (χ3n) is 8.10. The van der Waals surface area contributed by atoms with Crippen LogP contribution in [0.3, 0.4) is 0 Å². The molecule has 43 heavy (non-hydrogen) atoms. The number of aryl methyl sites for hydroxylation is 2. The summed E-state index contributed by atoms with van der Waals surface area (Å²) in [6.07, 6.45) is 1.51. The lowest BCUT2D eigenvalue weighted by molar-refractivity contribution is 0.0445. The number of anilines is 1. The van der Waals surface area contributed by atoms with Crippen molar-refractivity contribution in [3.8, 4) is 17.1 Å². The summed E-state index contributed by atoms with van der Waals surface area (Å²) in [4.78, 5) is 27.6. The molecule has 11 heteroatoms. The molecule has 0 aliphatic carbocycles. The zero-order valence-electron chi connectivity index (χ0n) is 25.5. The van der Waals surface area contributed by atoms with Gasteiger partial charge in [0.15, 0.2) is 0 Å². The van der Waals surface area contributed by atoms with Gasteiger partial charge >= 0.3 is 0 Å². The number of carbonyl (C=O) groups excluding carboxylic acids is 1. The molecule has 0 radical (unpaired) electrons. The first-order valence-electron chi connectivity index (χ1n) is 14.8. The molecule has 0 unspecified atom stereocenters. The van der Waals surface area contributed by atoms with E-state index in [0.717, 1.165) is 36.2 Å². The standard InChI is InChI=1S/C32H41N5O5S/c1-21(2)16-26-20-42-29-18-28(30-22(3)8-6-9-23(30)4)33-32(34-29)35-43(39,40)27-11-7-10-24(17-27)31(38)37(26)25-12-13-36(19-25)14-15-41-5/h6-11,17-18,21,25-26H,12-16,19-20H2,1-5H3,(H,33,34,35)/t25-,26+/m0/s1. The molecule has 5 rings (SSSR count). The fourth-order valence-electron chi connectivity index (χ4n) is 6.10. The maximum Gasteiger partial charge on any atom is 0.264 e. The second-order valence-electron chi connectivity index (χ2n) is 11.9. The SMILES string of the molecule is COCCN1CC[C@H](N2C(=O)c3cccc(c3)S(=O)(=O)Nc3nc(cc(-c4c(C)cccc4C)n3)OC[C@H]2CC(C)C)C1. The molecule has 1 aromatic heterocycles. The van der Waals surface area contributed by atoms with E-state index in [4.69, 9.17) is 9.47 Å². The summed E-state index contributed by atoms with van der Waals surface area (Å²) < 4.78 is 41.3. The first-order valence-corrected chi connectivity index (χ1v) is 16.3. The fraction of sp³-hybridized carbons (Fsp3) is 0.469. The molecule has 0 saturated carbocycles. The summed E-state index contributed by atoms with van der Waals surface area (Å²) >= 11 is 0. The monoisotopic (exact) mass is 607 g/mol. The first kappa shape index (κ1) is 30.9. The Balaban J connectivity index is 1.62. The largest absolute Gasteiger partial charge is 0.475 e. The van der Waals surface area contributed by atoms with Crippen LogP contribution in [-0.4, -0.2) is 86.1 Å². The Kier molecular flexibility index (Phi) is 9.33. The highest BCUT2D eigenvalue weighted by Gasteiger charge is 2.37. The van der Waals surface area contributed by atoms with Gasteiger partial charge in [0.25, 0.3) is 15.9 Å². The molecule has 0 spiro atoms. The van der Waals surface area contributed by atoms with Gasteiger partial charge in [0.05, 0.1) is 23.2 Å². The number of methoxy groups -OCH3 is 1. The Morgan fingerprint density at radius 2 is 1.84 bits per heavy atom. The summed E-state index contributed by atoms with van der Waals surface area (Å²) in [6.45, 7) is 11.4. The number of hydrogen-bond acceptors (Lipinski definition) is 8. The van der Waals surface area contributed by atoms with Gasteiger partial charge in [-0.2, -0.15) is 4.98 Å². The van der Waals surface area contributed by atoms with E-state index in [9.17, 15) is 13.2 Å². The predicted molar refractivity (Wildman–Crippen MR) is 166 cm³/mol. The minimum Gasteiger partial charge on any atom is -0.475 e. The Bertz CT molecular complexity index is 1560. The third-order valence-corrected chi connectivity index (χ3v) is 9.43. The average Bonchev–Trinajstić information content (AvgIpc) is 3.42. The number of nitrogens with one attached hydrogen (secondary N) is 1. The maximum absolute atomic E-state index is 14.3. The van der Waals surface area contributed by atoms with Crippen LogP contribution in [0.15, 0.2) is 53.4 Å². The van der Waals surface area contributed by atoms with Crippen molar-refractivity contribution < 1.29 is 22.7 Å². The second-order valence-corrected chi connectivity index (χ2v) is 13.5. The summed E-state index contributed by atoms with van der Waals surface area (Å²) in [6, 6.07) is 13.6. The van der Waals surface area contributed by atoms with Gasteiger partial charge in [0.2, 0.25) is 11.8 Å². The van der Waals surface area contributed by atoms with Gasteiger partial charge in [0.1, 0.15) is 6.61 Å². The molecule has 2 atom stereocenters. The number of rotatable bonds is 7. The van der Waals surface area contributed by atoms with E-state index in [1.165, 1.54) is 12.1 Å². The number of aromatic nitrogens is 2. The van der Waals surface area contributed by atoms with Crippen LogP contribution in [0.1, 0.15) is 48.2 Å². The molecule has 2 aliphatic heterocycles. The molecule has 230 valence electrons. The highest BCUT2D eigenvalue weighted by Crippen LogP contribution is 2.31. The Morgan fingerprint density at radius 1 is 1.09 bits per heavy atom. The van der Waals surface area contributed by atoms with E-state index in [1.807, 2.05) is 36.9 Å². The molecule has 3 heterocycles. The quantitative estimate of drug-likeness (QED) is 0.417. The maximum atomic E-state index is 14.3. The van der Waals surface area contributed by atoms with Crippen LogP contribution in [0.4, 0.5) is 5.95 Å². The molecule has 1 fully saturated rings. The molecule has 1 amide bonds. The highest BCUT2D eigenvalue weighted by atomic mass is 32.2. The minimum absolute atomic E-state index is 0.0327. The molecule has 2 aromatic carbocycles. The van der Waals surface area contributed by atoms with Gasteiger partial charge in [0, 0.05) is 50.0 Å². The highest BCUT2D eigenvalue weighted by molar-refractivity contribution is 7.92. The third kappa shape index (κ3) is 7.00. The van der Waals surface area contributed by atoms with Crippen molar-refractivity contribution in [2.75, 3.05) is 44.7 Å². The van der Waals surface area contributed by atoms with Crippen molar-refractivity contribution in [3.63, 3.8) is 0 Å². The molecule has 10 nitrogen and oxygen atoms in total. The van der Waals surface area contributed by atoms with Gasteiger partial charge in [-0.15, -0.1) is 0 Å². The van der Waals surface area contributed by atoms with Crippen molar-refractivity contribution in [3.05, 3.63) is 65.2 Å². The number of likely N-dealkylation sites (tertiary alicyclic amines) is 1. The van der Waals surface area contributed by atoms with Crippen LogP contribution in [-0.2, 0) is 14.8 Å². The molecule has 3 aromatic rings. The van der Waals surface area contributed by atoms with Gasteiger partial charge in [-0.25, -0.2) is 18.1 Å². The molecule has 1 saturated heterocycles. The lowest BCUT2D eigenvalue weighted by Crippen LogP contribution is -2.51. The van der Waals surface area contributed by atoms with E-state index in [-0.39, 0.29) is 47.2 Å². The van der Waals surface area contributed by atoms with Gasteiger partial charge < -0.3 is 14.4 Å². The lowest BCUT2D eigenvalue weighted by atomic mass is 9.99. The average molecular weight is 608 g/mol. The number of hydrogen-bond donors (Lipinski definition) is 1. The normalized spacial score (nSPS) is 20.6. The second kappa shape index (κ2) is 13.0. The molecular formula is C32H41N5O5S. The summed E-state index contributed by atoms with van der Waals surface area (Å²) in [5.74, 6) is 0.224. The number of benzene rings is 2. The number of ether oxygens (including phenoxy) is 2. The van der Waals surface area contributed by atoms with Crippen molar-refractivity contribution in [2.45, 2.75) is 57.5 Å². The van der Waals surface area contributed by atoms with Crippen LogP contribution >= 0.6 is 0 Å².